The molecule has 2 amide bonds. The van der Waals surface area contributed by atoms with E-state index in [1.807, 2.05) is 59.3 Å². The maximum absolute atomic E-state index is 13.6. The van der Waals surface area contributed by atoms with E-state index in [0.717, 1.165) is 35.1 Å². The van der Waals surface area contributed by atoms with Crippen molar-refractivity contribution in [2.24, 2.45) is 0 Å². The molecule has 338 valence electrons. The van der Waals surface area contributed by atoms with Crippen molar-refractivity contribution in [3.8, 4) is 11.5 Å². The topological polar surface area (TPSA) is 121 Å². The van der Waals surface area contributed by atoms with E-state index in [0.29, 0.717) is 13.3 Å². The van der Waals surface area contributed by atoms with Crippen LogP contribution in [-0.4, -0.2) is 63.5 Å². The van der Waals surface area contributed by atoms with Gasteiger partial charge in [-0.25, -0.2) is 0 Å². The van der Waals surface area contributed by atoms with Crippen molar-refractivity contribution in [3.05, 3.63) is 245 Å². The quantitative estimate of drug-likeness (QED) is 0.190. The SMILES string of the molecule is C.CN1CN(C23C(=Cc4ccccc42)Cc2ccccc23)n2ccc(=O)c(O)c2C1=O.CN1CN(C23C(=Cc4ccccc42)Cc2ccccc23)n2ccc(=O)c(OCc3ccccc3)c2C1=O. The first-order valence-corrected chi connectivity index (χ1v) is 22.3. The Morgan fingerprint density at radius 2 is 0.971 bits per heavy atom. The minimum atomic E-state index is -0.613. The lowest BCUT2D eigenvalue weighted by Gasteiger charge is -2.49. The Hall–Kier alpha value is -8.38. The number of ether oxygens (including phenoxy) is 1. The Kier molecular flexibility index (Phi) is 9.71. The number of amides is 2. The minimum absolute atomic E-state index is 0. The highest BCUT2D eigenvalue weighted by atomic mass is 16.5. The van der Waals surface area contributed by atoms with E-state index in [1.54, 1.807) is 41.0 Å². The second-order valence-electron chi connectivity index (χ2n) is 17.9. The number of hydrogen-bond acceptors (Lipinski definition) is 8. The molecule has 4 aliphatic carbocycles. The van der Waals surface area contributed by atoms with E-state index in [-0.39, 0.29) is 48.4 Å². The second kappa shape index (κ2) is 15.6. The summed E-state index contributed by atoms with van der Waals surface area (Å²) in [7, 11) is 3.47. The number of hydrogen-bond donors (Lipinski definition) is 1. The number of aromatic hydroxyl groups is 1. The van der Waals surface area contributed by atoms with Crippen LogP contribution in [-0.2, 0) is 30.5 Å². The van der Waals surface area contributed by atoms with Crippen LogP contribution in [0, 0.1) is 0 Å². The molecule has 4 heterocycles. The van der Waals surface area contributed by atoms with Gasteiger partial charge in [-0.05, 0) is 74.1 Å². The van der Waals surface area contributed by atoms with Gasteiger partial charge in [-0.2, -0.15) is 0 Å². The molecule has 12 heteroatoms. The number of pyridine rings is 2. The molecule has 1 N–H and O–H groups in total. The first-order valence-electron chi connectivity index (χ1n) is 22.3. The molecule has 2 aliphatic heterocycles. The van der Waals surface area contributed by atoms with Gasteiger partial charge in [0.05, 0.1) is 0 Å². The van der Waals surface area contributed by atoms with Crippen molar-refractivity contribution >= 4 is 24.0 Å². The molecule has 5 aromatic carbocycles. The fourth-order valence-corrected chi connectivity index (χ4v) is 11.4. The summed E-state index contributed by atoms with van der Waals surface area (Å²) < 4.78 is 9.59. The summed E-state index contributed by atoms with van der Waals surface area (Å²) in [6, 6.07) is 46.1. The Morgan fingerprint density at radius 3 is 1.51 bits per heavy atom. The van der Waals surface area contributed by atoms with Crippen molar-refractivity contribution in [1.29, 1.82) is 0 Å². The number of rotatable bonds is 5. The number of carbonyl (C=O) groups excluding carboxylic acids is 2. The predicted octanol–water partition coefficient (Wildman–Crippen LogP) is 7.37. The molecule has 12 nitrogen and oxygen atoms in total. The predicted molar refractivity (Wildman–Crippen MR) is 262 cm³/mol. The summed E-state index contributed by atoms with van der Waals surface area (Å²) in [6.45, 7) is 0.868. The molecule has 68 heavy (non-hydrogen) atoms. The van der Waals surface area contributed by atoms with Crippen molar-refractivity contribution in [1.82, 2.24) is 19.2 Å². The number of carbonyl (C=O) groups is 2. The average Bonchev–Trinajstić information content (AvgIpc) is 4.06. The van der Waals surface area contributed by atoms with E-state index in [1.165, 1.54) is 51.1 Å². The van der Waals surface area contributed by atoms with E-state index >= 15 is 0 Å². The summed E-state index contributed by atoms with van der Waals surface area (Å²) in [4.78, 5) is 54.9. The van der Waals surface area contributed by atoms with E-state index in [9.17, 15) is 24.3 Å². The molecule has 0 bridgehead atoms. The van der Waals surface area contributed by atoms with Gasteiger partial charge in [-0.1, -0.05) is 147 Å². The van der Waals surface area contributed by atoms with Gasteiger partial charge < -0.3 is 19.6 Å². The van der Waals surface area contributed by atoms with E-state index < -0.39 is 22.3 Å². The van der Waals surface area contributed by atoms with Gasteiger partial charge in [0.1, 0.15) is 31.0 Å². The van der Waals surface area contributed by atoms with Gasteiger partial charge in [0.25, 0.3) is 11.8 Å². The minimum Gasteiger partial charge on any atom is -0.502 e. The highest BCUT2D eigenvalue weighted by molar-refractivity contribution is 5.97. The summed E-state index contributed by atoms with van der Waals surface area (Å²) in [5.41, 5.74) is 11.1. The van der Waals surface area contributed by atoms with Gasteiger partial charge in [-0.3, -0.25) is 38.5 Å². The molecular weight excluding hydrogens is 853 g/mol. The van der Waals surface area contributed by atoms with E-state index in [4.69, 9.17) is 4.74 Å². The van der Waals surface area contributed by atoms with Gasteiger partial charge in [0, 0.05) is 38.6 Å². The zero-order valence-electron chi connectivity index (χ0n) is 36.8. The summed E-state index contributed by atoms with van der Waals surface area (Å²) in [5.74, 6) is -1.05. The highest BCUT2D eigenvalue weighted by Gasteiger charge is 2.56. The Bertz CT molecular complexity index is 3450. The molecule has 7 aromatic rings. The largest absolute Gasteiger partial charge is 0.502 e. The Balaban J connectivity index is 0.000000150. The third-order valence-electron chi connectivity index (χ3n) is 14.3. The van der Waals surface area contributed by atoms with E-state index in [2.05, 4.69) is 95.0 Å². The molecule has 0 fully saturated rings. The smallest absolute Gasteiger partial charge is 0.277 e. The molecule has 0 saturated carbocycles. The number of benzene rings is 5. The zero-order chi connectivity index (χ0) is 45.8. The van der Waals surface area contributed by atoms with Crippen molar-refractivity contribution < 1.29 is 19.4 Å². The fraction of sp³-hybridized carbons (Fsp3) is 0.179. The molecule has 0 spiro atoms. The fourth-order valence-electron chi connectivity index (χ4n) is 11.4. The molecule has 0 saturated heterocycles. The van der Waals surface area contributed by atoms with Crippen molar-refractivity contribution in [2.45, 2.75) is 38.0 Å². The van der Waals surface area contributed by atoms with Gasteiger partial charge in [-0.15, -0.1) is 0 Å². The molecule has 6 aliphatic rings. The van der Waals surface area contributed by atoms with Gasteiger partial charge >= 0.3 is 0 Å². The lowest BCUT2D eigenvalue weighted by Crippen LogP contribution is -2.61. The molecule has 2 atom stereocenters. The lowest BCUT2D eigenvalue weighted by atomic mass is 9.83. The number of aromatic nitrogens is 2. The first-order chi connectivity index (χ1) is 32.6. The third-order valence-corrected chi connectivity index (χ3v) is 14.3. The van der Waals surface area contributed by atoms with Crippen LogP contribution in [0.4, 0.5) is 0 Å². The maximum atomic E-state index is 13.6. The van der Waals surface area contributed by atoms with Crippen LogP contribution >= 0.6 is 0 Å². The van der Waals surface area contributed by atoms with Gasteiger partial charge in [0.15, 0.2) is 22.9 Å². The summed E-state index contributed by atoms with van der Waals surface area (Å²) >= 11 is 0. The summed E-state index contributed by atoms with van der Waals surface area (Å²) in [5, 5.41) is 14.8. The van der Waals surface area contributed by atoms with Crippen LogP contribution in [0.15, 0.2) is 173 Å². The number of fused-ring (bicyclic) bond motifs is 12. The lowest BCUT2D eigenvalue weighted by molar-refractivity contribution is 0.0707. The monoisotopic (exact) mass is 900 g/mol. The van der Waals surface area contributed by atoms with Crippen molar-refractivity contribution in [2.75, 3.05) is 37.5 Å². The zero-order valence-corrected chi connectivity index (χ0v) is 36.8. The molecule has 13 rings (SSSR count). The average molecular weight is 901 g/mol. The van der Waals surface area contributed by atoms with Crippen molar-refractivity contribution in [3.63, 3.8) is 0 Å². The third kappa shape index (κ3) is 5.79. The summed E-state index contributed by atoms with van der Waals surface area (Å²) in [6.07, 6.45) is 9.45. The van der Waals surface area contributed by atoms with Crippen LogP contribution in [0.25, 0.3) is 12.2 Å². The first kappa shape index (κ1) is 42.3. The Morgan fingerprint density at radius 1 is 0.529 bits per heavy atom. The highest BCUT2D eigenvalue weighted by Crippen LogP contribution is 2.57. The molecule has 2 aromatic heterocycles. The standard InChI is InChI=1S/C31H25N3O3.C24H19N3O3.CH4/c1-32-20-34(31-24(17-22-11-5-7-13-25(22)31)18-23-12-6-8-14-26(23)31)33-16-15-27(35)29(28(33)30(32)36)37-19-21-9-3-2-4-10-21;1-25-14-27(26-11-10-20(28)22(29)21(26)23(25)30)24-17(12-15-6-2-4-8-18(15)24)13-16-7-3-5-9-19(16)24;/h2-17H,18-20H2,1H3;2-12,29H,13-14H2,1H3;1H4. The molecular formula is C56H48N6O6. The van der Waals surface area contributed by atoms with Crippen LogP contribution in [0.3, 0.4) is 0 Å². The Labute approximate surface area is 393 Å². The normalized spacial score (nSPS) is 19.7. The van der Waals surface area contributed by atoms with Crippen LogP contribution < -0.4 is 25.6 Å². The van der Waals surface area contributed by atoms with Crippen LogP contribution in [0.2, 0.25) is 0 Å². The molecule has 0 radical (unpaired) electrons. The number of nitrogens with zero attached hydrogens (tertiary/aromatic N) is 6. The molecule has 2 unspecified atom stereocenters. The maximum Gasteiger partial charge on any atom is 0.277 e. The van der Waals surface area contributed by atoms with Crippen LogP contribution in [0.1, 0.15) is 78.5 Å². The van der Waals surface area contributed by atoms with Crippen LogP contribution in [0.5, 0.6) is 11.5 Å². The van der Waals surface area contributed by atoms with Gasteiger partial charge in [0.2, 0.25) is 10.9 Å². The second-order valence-corrected chi connectivity index (χ2v) is 17.9.